The minimum atomic E-state index is -0.288. The number of carbonyl (C=O) groups is 1. The van der Waals surface area contributed by atoms with Crippen LogP contribution in [0.3, 0.4) is 0 Å². The first kappa shape index (κ1) is 18.9. The first-order valence-corrected chi connectivity index (χ1v) is 7.96. The van der Waals surface area contributed by atoms with E-state index in [1.807, 2.05) is 0 Å². The van der Waals surface area contributed by atoms with E-state index in [9.17, 15) is 4.79 Å². The Kier molecular flexibility index (Phi) is 7.08. The van der Waals surface area contributed by atoms with Crippen LogP contribution in [-0.4, -0.2) is 30.3 Å². The third kappa shape index (κ3) is 5.29. The van der Waals surface area contributed by atoms with E-state index < -0.39 is 0 Å². The Hall–Kier alpha value is -3.45. The zero-order valence-electron chi connectivity index (χ0n) is 14.2. The van der Waals surface area contributed by atoms with Crippen LogP contribution in [0.25, 0.3) is 11.6 Å². The molecule has 2 aromatic rings. The molecule has 6 N–H and O–H groups in total. The number of carbonyl (C=O) groups excluding carboxylic acids is 1. The second kappa shape index (κ2) is 9.75. The van der Waals surface area contributed by atoms with Crippen LogP contribution < -0.4 is 21.5 Å². The van der Waals surface area contributed by atoms with E-state index >= 15 is 0 Å². The third-order valence-corrected chi connectivity index (χ3v) is 3.42. The summed E-state index contributed by atoms with van der Waals surface area (Å²) in [6.45, 7) is 0.884. The van der Waals surface area contributed by atoms with Gasteiger partial charge in [-0.25, -0.2) is 0 Å². The van der Waals surface area contributed by atoms with Crippen LogP contribution in [0.1, 0.15) is 11.1 Å². The molecule has 1 aromatic heterocycles. The normalized spacial score (nSPS) is 11.3. The van der Waals surface area contributed by atoms with Gasteiger partial charge in [0.25, 0.3) is 0 Å². The topological polar surface area (TPSA) is 127 Å². The SMILES string of the molecule is N=C/C(=C\N)c1ccncc1/C=C/C(=O)Nc1ccc(OCCN)cc1. The van der Waals surface area contributed by atoms with E-state index in [0.29, 0.717) is 35.7 Å². The minimum absolute atomic E-state index is 0.288. The van der Waals surface area contributed by atoms with E-state index in [4.69, 9.17) is 21.6 Å². The van der Waals surface area contributed by atoms with Gasteiger partial charge in [0.15, 0.2) is 0 Å². The molecule has 134 valence electrons. The van der Waals surface area contributed by atoms with Gasteiger partial charge < -0.3 is 26.9 Å². The number of benzene rings is 1. The summed E-state index contributed by atoms with van der Waals surface area (Å²) in [7, 11) is 0. The maximum absolute atomic E-state index is 12.1. The van der Waals surface area contributed by atoms with Crippen LogP contribution >= 0.6 is 0 Å². The van der Waals surface area contributed by atoms with Gasteiger partial charge in [-0.3, -0.25) is 9.78 Å². The fourth-order valence-corrected chi connectivity index (χ4v) is 2.18. The second-order valence-electron chi connectivity index (χ2n) is 5.21. The molecule has 0 aliphatic carbocycles. The number of nitrogens with two attached hydrogens (primary N) is 2. The molecule has 2 rings (SSSR count). The number of ether oxygens (including phenoxy) is 1. The molecule has 26 heavy (non-hydrogen) atoms. The Morgan fingerprint density at radius 1 is 1.27 bits per heavy atom. The molecule has 1 heterocycles. The molecule has 7 heteroatoms. The molecule has 7 nitrogen and oxygen atoms in total. The third-order valence-electron chi connectivity index (χ3n) is 3.42. The van der Waals surface area contributed by atoms with Crippen molar-refractivity contribution < 1.29 is 9.53 Å². The molecule has 1 aromatic carbocycles. The highest BCUT2D eigenvalue weighted by Gasteiger charge is 2.04. The molecule has 0 radical (unpaired) electrons. The Labute approximate surface area is 151 Å². The van der Waals surface area contributed by atoms with Crippen molar-refractivity contribution in [1.29, 1.82) is 5.41 Å². The Morgan fingerprint density at radius 2 is 2.04 bits per heavy atom. The average molecular weight is 351 g/mol. The maximum Gasteiger partial charge on any atom is 0.248 e. The van der Waals surface area contributed by atoms with Gasteiger partial charge in [0.1, 0.15) is 12.4 Å². The summed E-state index contributed by atoms with van der Waals surface area (Å²) in [4.78, 5) is 16.2. The molecule has 0 spiro atoms. The smallest absolute Gasteiger partial charge is 0.248 e. The summed E-state index contributed by atoms with van der Waals surface area (Å²) in [5, 5.41) is 10.2. The van der Waals surface area contributed by atoms with Crippen molar-refractivity contribution >= 4 is 29.5 Å². The van der Waals surface area contributed by atoms with Crippen LogP contribution in [0, 0.1) is 5.41 Å². The quantitative estimate of drug-likeness (QED) is 0.427. The van der Waals surface area contributed by atoms with Crippen molar-refractivity contribution in [2.45, 2.75) is 0 Å². The minimum Gasteiger partial charge on any atom is -0.492 e. The van der Waals surface area contributed by atoms with E-state index in [-0.39, 0.29) is 5.91 Å². The van der Waals surface area contributed by atoms with Gasteiger partial charge in [-0.15, -0.1) is 0 Å². The standard InChI is InChI=1S/C19H21N5O2/c20-8-10-26-17-4-2-16(3-5-17)24-19(25)6-1-14-13-23-9-7-18(14)15(11-21)12-22/h1-7,9,11-13,21H,8,10,20,22H2,(H,24,25)/b6-1+,15-12+,21-11?. The maximum atomic E-state index is 12.1. The molecule has 1 amide bonds. The van der Waals surface area contributed by atoms with Crippen molar-refractivity contribution in [3.8, 4) is 5.75 Å². The van der Waals surface area contributed by atoms with Crippen molar-refractivity contribution in [2.24, 2.45) is 11.5 Å². The number of rotatable bonds is 8. The van der Waals surface area contributed by atoms with E-state index in [0.717, 1.165) is 11.8 Å². The number of hydrogen-bond acceptors (Lipinski definition) is 6. The number of nitrogens with zero attached hydrogens (tertiary/aromatic N) is 1. The first-order valence-electron chi connectivity index (χ1n) is 7.96. The molecule has 0 bridgehead atoms. The van der Waals surface area contributed by atoms with E-state index in [2.05, 4.69) is 10.3 Å². The Bertz CT molecular complexity index is 813. The summed E-state index contributed by atoms with van der Waals surface area (Å²) < 4.78 is 5.38. The molecule has 0 aliphatic heterocycles. The summed E-state index contributed by atoms with van der Waals surface area (Å²) in [5.41, 5.74) is 13.5. The van der Waals surface area contributed by atoms with Gasteiger partial charge >= 0.3 is 0 Å². The lowest BCUT2D eigenvalue weighted by Gasteiger charge is -2.07. The van der Waals surface area contributed by atoms with Gasteiger partial charge in [-0.05, 0) is 42.0 Å². The monoisotopic (exact) mass is 351 g/mol. The summed E-state index contributed by atoms with van der Waals surface area (Å²) in [6.07, 6.45) is 8.74. The molecule has 0 unspecified atom stereocenters. The van der Waals surface area contributed by atoms with Gasteiger partial charge in [0.05, 0.1) is 0 Å². The highest BCUT2D eigenvalue weighted by atomic mass is 16.5. The zero-order valence-corrected chi connectivity index (χ0v) is 14.2. The van der Waals surface area contributed by atoms with Crippen molar-refractivity contribution in [2.75, 3.05) is 18.5 Å². The Morgan fingerprint density at radius 3 is 2.69 bits per heavy atom. The number of nitrogens with one attached hydrogen (secondary N) is 2. The van der Waals surface area contributed by atoms with Crippen LogP contribution in [0.2, 0.25) is 0 Å². The summed E-state index contributed by atoms with van der Waals surface area (Å²) >= 11 is 0. The molecular weight excluding hydrogens is 330 g/mol. The van der Waals surface area contributed by atoms with Crippen molar-refractivity contribution in [3.63, 3.8) is 0 Å². The molecule has 0 saturated heterocycles. The summed E-state index contributed by atoms with van der Waals surface area (Å²) in [6, 6.07) is 8.75. The van der Waals surface area contributed by atoms with Crippen molar-refractivity contribution in [1.82, 2.24) is 4.98 Å². The average Bonchev–Trinajstić information content (AvgIpc) is 2.67. The number of amides is 1. The number of aromatic nitrogens is 1. The van der Waals surface area contributed by atoms with Crippen LogP contribution in [0.15, 0.2) is 55.0 Å². The van der Waals surface area contributed by atoms with Crippen LogP contribution in [0.4, 0.5) is 5.69 Å². The Balaban J connectivity index is 2.05. The molecular formula is C19H21N5O2. The number of hydrogen-bond donors (Lipinski definition) is 4. The van der Waals surface area contributed by atoms with E-state index in [1.54, 1.807) is 48.8 Å². The second-order valence-corrected chi connectivity index (χ2v) is 5.21. The lowest BCUT2D eigenvalue weighted by atomic mass is 10.0. The summed E-state index contributed by atoms with van der Waals surface area (Å²) in [5.74, 6) is 0.403. The van der Waals surface area contributed by atoms with Gasteiger partial charge in [-0.2, -0.15) is 0 Å². The number of allylic oxidation sites excluding steroid dienone is 1. The molecule has 0 saturated carbocycles. The highest BCUT2D eigenvalue weighted by molar-refractivity contribution is 6.10. The van der Waals surface area contributed by atoms with Crippen LogP contribution in [0.5, 0.6) is 5.75 Å². The lowest BCUT2D eigenvalue weighted by Crippen LogP contribution is -2.11. The largest absolute Gasteiger partial charge is 0.492 e. The van der Waals surface area contributed by atoms with Gasteiger partial charge in [0, 0.05) is 54.3 Å². The number of anilines is 1. The molecule has 0 aliphatic rings. The zero-order chi connectivity index (χ0) is 18.8. The number of pyridine rings is 1. The lowest BCUT2D eigenvalue weighted by molar-refractivity contribution is -0.111. The van der Waals surface area contributed by atoms with Gasteiger partial charge in [-0.1, -0.05) is 0 Å². The van der Waals surface area contributed by atoms with Crippen LogP contribution in [-0.2, 0) is 4.79 Å². The predicted molar refractivity (Wildman–Crippen MR) is 104 cm³/mol. The molecule has 0 fully saturated rings. The highest BCUT2D eigenvalue weighted by Crippen LogP contribution is 2.18. The predicted octanol–water partition coefficient (Wildman–Crippen LogP) is 2.02. The first-order chi connectivity index (χ1) is 12.7. The fraction of sp³-hybridized carbons (Fsp3) is 0.105. The van der Waals surface area contributed by atoms with Crippen molar-refractivity contribution in [3.05, 3.63) is 66.1 Å². The fourth-order valence-electron chi connectivity index (χ4n) is 2.18. The van der Waals surface area contributed by atoms with Gasteiger partial charge in [0.2, 0.25) is 5.91 Å². The molecule has 0 atom stereocenters. The van der Waals surface area contributed by atoms with E-state index in [1.165, 1.54) is 12.3 Å².